The van der Waals surface area contributed by atoms with Crippen molar-refractivity contribution in [2.45, 2.75) is 27.7 Å². The molecule has 6 heteroatoms. The molecule has 0 amide bonds. The van der Waals surface area contributed by atoms with Gasteiger partial charge in [0, 0.05) is 6.54 Å². The van der Waals surface area contributed by atoms with Crippen LogP contribution in [0.1, 0.15) is 27.7 Å². The normalized spacial score (nSPS) is 11.7. The number of anilines is 2. The minimum atomic E-state index is 0.195. The second kappa shape index (κ2) is 5.64. The standard InChI is InChI=1S/C11H20BrN5/c1-7(2)11(3,4)5-14-9-8(12)10(17-13)16-6-15-9/h6-7H,5,13H2,1-4H3,(H2,14,15,16,17). The summed E-state index contributed by atoms with van der Waals surface area (Å²) in [7, 11) is 0. The second-order valence-electron chi connectivity index (χ2n) is 5.03. The van der Waals surface area contributed by atoms with Gasteiger partial charge in [0.25, 0.3) is 0 Å². The molecule has 4 N–H and O–H groups in total. The molecule has 0 bridgehead atoms. The van der Waals surface area contributed by atoms with Crippen LogP contribution in [0.5, 0.6) is 0 Å². The van der Waals surface area contributed by atoms with Gasteiger partial charge >= 0.3 is 0 Å². The van der Waals surface area contributed by atoms with Gasteiger partial charge in [-0.3, -0.25) is 0 Å². The summed E-state index contributed by atoms with van der Waals surface area (Å²) < 4.78 is 0.752. The van der Waals surface area contributed by atoms with Crippen molar-refractivity contribution in [2.75, 3.05) is 17.3 Å². The van der Waals surface area contributed by atoms with E-state index in [1.807, 2.05) is 0 Å². The highest BCUT2D eigenvalue weighted by Gasteiger charge is 2.22. The van der Waals surface area contributed by atoms with E-state index in [2.05, 4.69) is 64.3 Å². The maximum Gasteiger partial charge on any atom is 0.159 e. The monoisotopic (exact) mass is 301 g/mol. The number of hydrogen-bond acceptors (Lipinski definition) is 5. The number of halogens is 1. The van der Waals surface area contributed by atoms with Crippen molar-refractivity contribution in [3.05, 3.63) is 10.8 Å². The molecule has 96 valence electrons. The van der Waals surface area contributed by atoms with Gasteiger partial charge in [0.15, 0.2) is 5.82 Å². The Morgan fingerprint density at radius 2 is 1.94 bits per heavy atom. The van der Waals surface area contributed by atoms with E-state index in [1.165, 1.54) is 6.33 Å². The summed E-state index contributed by atoms with van der Waals surface area (Å²) in [6.07, 6.45) is 1.48. The summed E-state index contributed by atoms with van der Waals surface area (Å²) in [4.78, 5) is 8.19. The molecule has 1 rings (SSSR count). The second-order valence-corrected chi connectivity index (χ2v) is 5.82. The van der Waals surface area contributed by atoms with Crippen molar-refractivity contribution in [3.8, 4) is 0 Å². The van der Waals surface area contributed by atoms with Crippen LogP contribution in [0.25, 0.3) is 0 Å². The zero-order valence-electron chi connectivity index (χ0n) is 10.7. The van der Waals surface area contributed by atoms with Crippen molar-refractivity contribution in [2.24, 2.45) is 17.2 Å². The molecule has 1 aromatic heterocycles. The van der Waals surface area contributed by atoms with E-state index < -0.39 is 0 Å². The van der Waals surface area contributed by atoms with Crippen LogP contribution in [0, 0.1) is 11.3 Å². The first-order valence-corrected chi connectivity index (χ1v) is 6.38. The van der Waals surface area contributed by atoms with Crippen LogP contribution in [0.4, 0.5) is 11.6 Å². The number of hydrogen-bond donors (Lipinski definition) is 3. The SMILES string of the molecule is CC(C)C(C)(C)CNc1ncnc(NN)c1Br. The minimum absolute atomic E-state index is 0.195. The first kappa shape index (κ1) is 14.2. The Kier molecular flexibility index (Phi) is 4.70. The Labute approximate surface area is 111 Å². The van der Waals surface area contributed by atoms with Gasteiger partial charge in [0.1, 0.15) is 16.6 Å². The zero-order chi connectivity index (χ0) is 13.1. The third-order valence-corrected chi connectivity index (χ3v) is 3.95. The van der Waals surface area contributed by atoms with Crippen LogP contribution in [0.2, 0.25) is 0 Å². The molecule has 1 aromatic rings. The number of hydrazine groups is 1. The molecule has 0 radical (unpaired) electrons. The average molecular weight is 302 g/mol. The molecule has 0 aromatic carbocycles. The highest BCUT2D eigenvalue weighted by atomic mass is 79.9. The van der Waals surface area contributed by atoms with Gasteiger partial charge in [-0.05, 0) is 27.3 Å². The Hall–Kier alpha value is -0.880. The molecule has 5 nitrogen and oxygen atoms in total. The molecule has 17 heavy (non-hydrogen) atoms. The molecular formula is C11H20BrN5. The van der Waals surface area contributed by atoms with E-state index >= 15 is 0 Å². The van der Waals surface area contributed by atoms with E-state index in [0.717, 1.165) is 16.8 Å². The largest absolute Gasteiger partial charge is 0.368 e. The summed E-state index contributed by atoms with van der Waals surface area (Å²) in [5.74, 6) is 7.26. The number of aromatic nitrogens is 2. The van der Waals surface area contributed by atoms with Gasteiger partial charge in [-0.15, -0.1) is 0 Å². The van der Waals surface area contributed by atoms with Crippen LogP contribution >= 0.6 is 15.9 Å². The van der Waals surface area contributed by atoms with Crippen molar-refractivity contribution in [3.63, 3.8) is 0 Å². The molecule has 0 spiro atoms. The van der Waals surface area contributed by atoms with Gasteiger partial charge in [-0.25, -0.2) is 15.8 Å². The van der Waals surface area contributed by atoms with Crippen molar-refractivity contribution >= 4 is 27.6 Å². The predicted octanol–water partition coefficient (Wildman–Crippen LogP) is 2.62. The molecule has 0 aliphatic heterocycles. The number of rotatable bonds is 5. The van der Waals surface area contributed by atoms with Gasteiger partial charge < -0.3 is 10.7 Å². The molecule has 0 aliphatic carbocycles. The number of nitrogens with one attached hydrogen (secondary N) is 2. The van der Waals surface area contributed by atoms with Crippen LogP contribution in [0.3, 0.4) is 0 Å². The zero-order valence-corrected chi connectivity index (χ0v) is 12.3. The first-order valence-electron chi connectivity index (χ1n) is 5.59. The third kappa shape index (κ3) is 3.54. The van der Waals surface area contributed by atoms with Crippen molar-refractivity contribution < 1.29 is 0 Å². The fraction of sp³-hybridized carbons (Fsp3) is 0.636. The smallest absolute Gasteiger partial charge is 0.159 e. The summed E-state index contributed by atoms with van der Waals surface area (Å²) in [5.41, 5.74) is 2.71. The molecular weight excluding hydrogens is 282 g/mol. The number of nitrogens with zero attached hydrogens (tertiary/aromatic N) is 2. The minimum Gasteiger partial charge on any atom is -0.368 e. The van der Waals surface area contributed by atoms with E-state index in [4.69, 9.17) is 5.84 Å². The molecule has 0 saturated heterocycles. The lowest BCUT2D eigenvalue weighted by atomic mass is 9.81. The average Bonchev–Trinajstić information content (AvgIpc) is 2.27. The van der Waals surface area contributed by atoms with E-state index in [0.29, 0.717) is 11.7 Å². The van der Waals surface area contributed by atoms with Crippen molar-refractivity contribution in [1.82, 2.24) is 9.97 Å². The Morgan fingerprint density at radius 3 is 2.47 bits per heavy atom. The maximum absolute atomic E-state index is 5.35. The third-order valence-electron chi connectivity index (χ3n) is 3.20. The van der Waals surface area contributed by atoms with E-state index in [-0.39, 0.29) is 5.41 Å². The van der Waals surface area contributed by atoms with Gasteiger partial charge in [-0.1, -0.05) is 27.7 Å². The molecule has 0 unspecified atom stereocenters. The molecule has 0 aliphatic rings. The van der Waals surface area contributed by atoms with Crippen LogP contribution in [-0.4, -0.2) is 16.5 Å². The van der Waals surface area contributed by atoms with Gasteiger partial charge in [0.05, 0.1) is 0 Å². The summed E-state index contributed by atoms with van der Waals surface area (Å²) >= 11 is 3.42. The highest BCUT2D eigenvalue weighted by Crippen LogP contribution is 2.29. The lowest BCUT2D eigenvalue weighted by molar-refractivity contribution is 0.269. The Balaban J connectivity index is 2.76. The predicted molar refractivity (Wildman–Crippen MR) is 74.7 cm³/mol. The summed E-state index contributed by atoms with van der Waals surface area (Å²) in [6.45, 7) is 9.71. The number of nitrogens with two attached hydrogens (primary N) is 1. The van der Waals surface area contributed by atoms with Gasteiger partial charge in [0.2, 0.25) is 0 Å². The van der Waals surface area contributed by atoms with Crippen LogP contribution in [-0.2, 0) is 0 Å². The lowest BCUT2D eigenvalue weighted by Crippen LogP contribution is -2.29. The van der Waals surface area contributed by atoms with Crippen LogP contribution in [0.15, 0.2) is 10.8 Å². The Bertz CT molecular complexity index is 378. The van der Waals surface area contributed by atoms with Gasteiger partial charge in [-0.2, -0.15) is 0 Å². The molecule has 0 atom stereocenters. The Morgan fingerprint density at radius 1 is 1.35 bits per heavy atom. The quantitative estimate of drug-likeness (QED) is 0.576. The molecule has 0 fully saturated rings. The van der Waals surface area contributed by atoms with E-state index in [1.54, 1.807) is 0 Å². The fourth-order valence-corrected chi connectivity index (χ4v) is 1.57. The van der Waals surface area contributed by atoms with Crippen LogP contribution < -0.4 is 16.6 Å². The first-order chi connectivity index (χ1) is 7.88. The lowest BCUT2D eigenvalue weighted by Gasteiger charge is -2.29. The maximum atomic E-state index is 5.35. The molecule has 1 heterocycles. The fourth-order valence-electron chi connectivity index (χ4n) is 1.11. The van der Waals surface area contributed by atoms with E-state index in [9.17, 15) is 0 Å². The highest BCUT2D eigenvalue weighted by molar-refractivity contribution is 9.10. The topological polar surface area (TPSA) is 75.9 Å². The summed E-state index contributed by atoms with van der Waals surface area (Å²) in [6, 6.07) is 0. The molecule has 0 saturated carbocycles. The number of nitrogen functional groups attached to an aromatic ring is 1. The van der Waals surface area contributed by atoms with Crippen molar-refractivity contribution in [1.29, 1.82) is 0 Å². The summed E-state index contributed by atoms with van der Waals surface area (Å²) in [5, 5.41) is 3.32.